The van der Waals surface area contributed by atoms with Crippen molar-refractivity contribution in [1.82, 2.24) is 19.7 Å². The Balaban J connectivity index is 1.32. The van der Waals surface area contributed by atoms with Gasteiger partial charge in [-0.2, -0.15) is 5.26 Å². The summed E-state index contributed by atoms with van der Waals surface area (Å²) >= 11 is 2.84. The van der Waals surface area contributed by atoms with Crippen LogP contribution in [0, 0.1) is 11.3 Å². The highest BCUT2D eigenvalue weighted by atomic mass is 32.2. The number of nitriles is 1. The lowest BCUT2D eigenvalue weighted by Gasteiger charge is -2.18. The number of anilines is 2. The average molecular weight is 475 g/mol. The quantitative estimate of drug-likeness (QED) is 0.373. The van der Waals surface area contributed by atoms with Crippen molar-refractivity contribution in [2.24, 2.45) is 0 Å². The number of para-hydroxylation sites is 4. The summed E-state index contributed by atoms with van der Waals surface area (Å²) in [6.45, 7) is 2.50. The minimum Gasteiger partial charge on any atom is -0.492 e. The zero-order valence-corrected chi connectivity index (χ0v) is 19.2. The molecule has 164 valence electrons. The fraction of sp³-hybridized carbons (Fsp3) is 0.174. The molecule has 1 aliphatic heterocycles. The summed E-state index contributed by atoms with van der Waals surface area (Å²) in [7, 11) is 0. The number of fused-ring (bicyclic) bond motifs is 3. The van der Waals surface area contributed by atoms with Crippen LogP contribution in [0.25, 0.3) is 11.0 Å². The largest absolute Gasteiger partial charge is 0.492 e. The number of hydrogen-bond acceptors (Lipinski definition) is 9. The van der Waals surface area contributed by atoms with Crippen molar-refractivity contribution in [1.29, 1.82) is 5.26 Å². The molecular formula is C23H18N6O2S2. The van der Waals surface area contributed by atoms with E-state index in [-0.39, 0.29) is 5.91 Å². The molecule has 1 atom stereocenters. The maximum absolute atomic E-state index is 12.8. The Morgan fingerprint density at radius 3 is 2.88 bits per heavy atom. The first-order chi connectivity index (χ1) is 16.2. The molecular weight excluding hydrogens is 456 g/mol. The summed E-state index contributed by atoms with van der Waals surface area (Å²) in [5.41, 5.74) is 2.95. The number of nitrogens with zero attached hydrogens (tertiary/aromatic N) is 5. The molecule has 0 aliphatic carbocycles. The zero-order valence-electron chi connectivity index (χ0n) is 17.6. The van der Waals surface area contributed by atoms with Crippen LogP contribution in [0.4, 0.5) is 10.8 Å². The predicted octanol–water partition coefficient (Wildman–Crippen LogP) is 5.01. The molecule has 0 radical (unpaired) electrons. The summed E-state index contributed by atoms with van der Waals surface area (Å²) in [5, 5.41) is 22.2. The van der Waals surface area contributed by atoms with Gasteiger partial charge in [-0.25, -0.2) is 4.98 Å². The number of hydrogen-bond donors (Lipinski definition) is 1. The molecule has 4 aromatic rings. The fourth-order valence-electron chi connectivity index (χ4n) is 3.64. The third-order valence-electron chi connectivity index (χ3n) is 5.07. The Hall–Kier alpha value is -3.68. The number of allylic oxidation sites excluding steroid dienone is 1. The third-order valence-corrected chi connectivity index (χ3v) is 7.11. The van der Waals surface area contributed by atoms with Gasteiger partial charge in [0.05, 0.1) is 29.4 Å². The molecule has 0 saturated heterocycles. The van der Waals surface area contributed by atoms with Gasteiger partial charge in [0.25, 0.3) is 5.91 Å². The summed E-state index contributed by atoms with van der Waals surface area (Å²) in [6.07, 6.45) is 1.54. The number of carbonyl (C=O) groups is 1. The van der Waals surface area contributed by atoms with Crippen LogP contribution in [0.15, 0.2) is 64.5 Å². The summed E-state index contributed by atoms with van der Waals surface area (Å²) in [5.74, 6) is 0.875. The van der Waals surface area contributed by atoms with Crippen molar-refractivity contribution >= 4 is 50.9 Å². The molecule has 0 fully saturated rings. The van der Waals surface area contributed by atoms with Crippen molar-refractivity contribution in [2.75, 3.05) is 17.7 Å². The maximum Gasteiger partial charge on any atom is 0.256 e. The highest BCUT2D eigenvalue weighted by molar-refractivity contribution is 8.01. The topological polar surface area (TPSA) is 106 Å². The number of carbonyl (C=O) groups excluding carboxylic acids is 1. The van der Waals surface area contributed by atoms with E-state index in [9.17, 15) is 10.1 Å². The molecule has 2 aromatic heterocycles. The Bertz CT molecular complexity index is 1420. The predicted molar refractivity (Wildman–Crippen MR) is 128 cm³/mol. The van der Waals surface area contributed by atoms with E-state index in [1.807, 2.05) is 55.5 Å². The van der Waals surface area contributed by atoms with Crippen molar-refractivity contribution in [3.8, 4) is 11.8 Å². The fourth-order valence-corrected chi connectivity index (χ4v) is 5.42. The molecule has 1 aliphatic rings. The molecule has 0 amide bonds. The lowest BCUT2D eigenvalue weighted by molar-refractivity contribution is 0.0964. The van der Waals surface area contributed by atoms with Crippen LogP contribution in [0.2, 0.25) is 0 Å². The normalized spacial score (nSPS) is 15.1. The summed E-state index contributed by atoms with van der Waals surface area (Å²) in [4.78, 5) is 17.4. The second kappa shape index (κ2) is 9.05. The van der Waals surface area contributed by atoms with Crippen LogP contribution in [0.1, 0.15) is 23.5 Å². The Labute approximate surface area is 197 Å². The minimum absolute atomic E-state index is 0.187. The second-order valence-corrected chi connectivity index (χ2v) is 9.33. The standard InChI is InChI=1S/C23H18N6O2S2/c1-2-31-19-10-6-4-8-17(19)26-22-27-28-23(33-22)32-13-14-11-20(30)29-18-9-5-3-7-16(18)25-21(29)15(14)12-24/h3-11,15H,2,13H2,1H3,(H,26,27)/t15-/m1/s1. The molecule has 2 aromatic carbocycles. The van der Waals surface area contributed by atoms with E-state index in [1.165, 1.54) is 27.7 Å². The SMILES string of the molecule is CCOc1ccccc1Nc1nnc(SCC2=CC(=O)n3c(nc4ccccc43)[C@@H]2C#N)s1. The second-order valence-electron chi connectivity index (χ2n) is 7.13. The van der Waals surface area contributed by atoms with Crippen molar-refractivity contribution in [3.63, 3.8) is 0 Å². The van der Waals surface area contributed by atoms with Gasteiger partial charge < -0.3 is 10.1 Å². The first-order valence-electron chi connectivity index (χ1n) is 10.2. The van der Waals surface area contributed by atoms with Crippen LogP contribution in [0.5, 0.6) is 5.75 Å². The van der Waals surface area contributed by atoms with Gasteiger partial charge in [-0.05, 0) is 36.8 Å². The van der Waals surface area contributed by atoms with E-state index in [0.717, 1.165) is 15.8 Å². The zero-order chi connectivity index (χ0) is 22.8. The van der Waals surface area contributed by atoms with Gasteiger partial charge >= 0.3 is 0 Å². The van der Waals surface area contributed by atoms with Crippen molar-refractivity contribution in [3.05, 3.63) is 66.0 Å². The number of thioether (sulfide) groups is 1. The number of nitrogens with one attached hydrogen (secondary N) is 1. The number of rotatable bonds is 7. The smallest absolute Gasteiger partial charge is 0.256 e. The van der Waals surface area contributed by atoms with E-state index >= 15 is 0 Å². The van der Waals surface area contributed by atoms with Crippen LogP contribution in [-0.4, -0.2) is 38.0 Å². The van der Waals surface area contributed by atoms with Crippen molar-refractivity contribution < 1.29 is 9.53 Å². The molecule has 3 heterocycles. The van der Waals surface area contributed by atoms with E-state index in [4.69, 9.17) is 4.74 Å². The first kappa shape index (κ1) is 21.2. The van der Waals surface area contributed by atoms with Gasteiger partial charge in [0, 0.05) is 11.8 Å². The monoisotopic (exact) mass is 474 g/mol. The Kier molecular flexibility index (Phi) is 5.81. The van der Waals surface area contributed by atoms with Gasteiger partial charge in [0.15, 0.2) is 4.34 Å². The molecule has 10 heteroatoms. The summed E-state index contributed by atoms with van der Waals surface area (Å²) < 4.78 is 7.90. The van der Waals surface area contributed by atoms with Crippen LogP contribution in [0.3, 0.4) is 0 Å². The molecule has 1 N–H and O–H groups in total. The molecule has 8 nitrogen and oxygen atoms in total. The van der Waals surface area contributed by atoms with E-state index in [2.05, 4.69) is 26.6 Å². The molecule has 0 spiro atoms. The lowest BCUT2D eigenvalue weighted by Crippen LogP contribution is -2.22. The van der Waals surface area contributed by atoms with Gasteiger partial charge in [-0.1, -0.05) is 47.4 Å². The van der Waals surface area contributed by atoms with E-state index in [0.29, 0.717) is 39.9 Å². The highest BCUT2D eigenvalue weighted by Crippen LogP contribution is 2.36. The highest BCUT2D eigenvalue weighted by Gasteiger charge is 2.31. The third kappa shape index (κ3) is 4.08. The van der Waals surface area contributed by atoms with E-state index < -0.39 is 5.92 Å². The Morgan fingerprint density at radius 1 is 1.21 bits per heavy atom. The van der Waals surface area contributed by atoms with E-state index in [1.54, 1.807) is 6.08 Å². The van der Waals surface area contributed by atoms with Crippen molar-refractivity contribution in [2.45, 2.75) is 17.2 Å². The van der Waals surface area contributed by atoms with Gasteiger partial charge in [0.2, 0.25) is 5.13 Å². The van der Waals surface area contributed by atoms with Crippen LogP contribution < -0.4 is 10.1 Å². The van der Waals surface area contributed by atoms with Gasteiger partial charge in [-0.15, -0.1) is 10.2 Å². The average Bonchev–Trinajstić information content (AvgIpc) is 3.44. The number of benzene rings is 2. The molecule has 0 saturated carbocycles. The Morgan fingerprint density at radius 2 is 2.03 bits per heavy atom. The minimum atomic E-state index is -0.591. The summed E-state index contributed by atoms with van der Waals surface area (Å²) in [6, 6.07) is 17.4. The molecule has 5 rings (SSSR count). The maximum atomic E-state index is 12.8. The lowest BCUT2D eigenvalue weighted by atomic mass is 9.98. The number of aromatic nitrogens is 4. The number of ether oxygens (including phenoxy) is 1. The van der Waals surface area contributed by atoms with Gasteiger partial charge in [-0.3, -0.25) is 9.36 Å². The molecule has 33 heavy (non-hydrogen) atoms. The van der Waals surface area contributed by atoms with Gasteiger partial charge in [0.1, 0.15) is 17.5 Å². The van der Waals surface area contributed by atoms with Crippen LogP contribution in [-0.2, 0) is 0 Å². The molecule has 0 unspecified atom stereocenters. The first-order valence-corrected chi connectivity index (χ1v) is 12.0. The van der Waals surface area contributed by atoms with Crippen LogP contribution >= 0.6 is 23.1 Å². The number of imidazole rings is 1. The molecule has 0 bridgehead atoms.